The minimum atomic E-state index is -0.713. The van der Waals surface area contributed by atoms with Crippen LogP contribution in [0.1, 0.15) is 58.6 Å². The smallest absolute Gasteiger partial charge is 0.306 e. The quantitative estimate of drug-likeness (QED) is 0.150. The first-order chi connectivity index (χ1) is 19.3. The molecule has 0 aliphatic rings. The molecule has 206 valence electrons. The normalized spacial score (nSPS) is 11.7. The van der Waals surface area contributed by atoms with E-state index < -0.39 is 17.6 Å². The van der Waals surface area contributed by atoms with Crippen molar-refractivity contribution in [1.82, 2.24) is 9.38 Å². The molecule has 0 N–H and O–H groups in total. The monoisotopic (exact) mass is 545 g/mol. The highest BCUT2D eigenvalue weighted by Crippen LogP contribution is 2.27. The fourth-order valence-corrected chi connectivity index (χ4v) is 4.51. The van der Waals surface area contributed by atoms with E-state index in [-0.39, 0.29) is 55.5 Å². The molecule has 1 atom stereocenters. The number of esters is 1. The lowest BCUT2D eigenvalue weighted by Crippen LogP contribution is -2.14. The minimum absolute atomic E-state index is 0.0313. The molecule has 0 fully saturated rings. The lowest BCUT2D eigenvalue weighted by atomic mass is 9.94. The van der Waals surface area contributed by atoms with Crippen LogP contribution in [-0.2, 0) is 22.7 Å². The van der Waals surface area contributed by atoms with Crippen LogP contribution in [0.2, 0.25) is 0 Å². The van der Waals surface area contributed by atoms with Crippen molar-refractivity contribution in [3.63, 3.8) is 0 Å². The van der Waals surface area contributed by atoms with E-state index >= 15 is 0 Å². The number of ether oxygens (including phenoxy) is 2. The fraction of sp³-hybridized carbons (Fsp3) is 0.290. The maximum absolute atomic E-state index is 14.1. The Morgan fingerprint density at radius 2 is 1.77 bits per heavy atom. The number of aromatic nitrogens is 2. The SMILES string of the molecule is Cc1cc(OCc2c(F)cccc2F)c2nc(C)c(C(=O)CCC(CC#N)CC(=O)OCc3ccccc3)n2c1. The van der Waals surface area contributed by atoms with Gasteiger partial charge in [-0.05, 0) is 55.5 Å². The van der Waals surface area contributed by atoms with Crippen LogP contribution < -0.4 is 4.74 Å². The predicted octanol–water partition coefficient (Wildman–Crippen LogP) is 6.43. The topological polar surface area (TPSA) is 93.7 Å². The first kappa shape index (κ1) is 28.4. The van der Waals surface area contributed by atoms with E-state index in [4.69, 9.17) is 9.47 Å². The predicted molar refractivity (Wildman–Crippen MR) is 143 cm³/mol. The summed E-state index contributed by atoms with van der Waals surface area (Å²) >= 11 is 0. The second kappa shape index (κ2) is 13.0. The van der Waals surface area contributed by atoms with Crippen LogP contribution in [0, 0.1) is 42.7 Å². The van der Waals surface area contributed by atoms with Gasteiger partial charge in [-0.2, -0.15) is 5.26 Å². The zero-order valence-corrected chi connectivity index (χ0v) is 22.3. The van der Waals surface area contributed by atoms with Crippen molar-refractivity contribution < 1.29 is 27.8 Å². The largest absolute Gasteiger partial charge is 0.485 e. The Hall–Kier alpha value is -4.58. The van der Waals surface area contributed by atoms with Gasteiger partial charge in [-0.1, -0.05) is 36.4 Å². The Labute approximate surface area is 231 Å². The van der Waals surface area contributed by atoms with E-state index in [2.05, 4.69) is 11.1 Å². The molecule has 40 heavy (non-hydrogen) atoms. The number of imidazole rings is 1. The number of aryl methyl sites for hydroxylation is 2. The number of nitrogens with zero attached hydrogens (tertiary/aromatic N) is 3. The minimum Gasteiger partial charge on any atom is -0.485 e. The molecule has 2 aromatic carbocycles. The van der Waals surface area contributed by atoms with Gasteiger partial charge in [0.05, 0.1) is 17.3 Å². The Morgan fingerprint density at radius 3 is 2.48 bits per heavy atom. The molecule has 0 aliphatic heterocycles. The molecule has 4 rings (SSSR count). The van der Waals surface area contributed by atoms with Crippen LogP contribution >= 0.6 is 0 Å². The molecule has 0 saturated heterocycles. The molecule has 0 saturated carbocycles. The summed E-state index contributed by atoms with van der Waals surface area (Å²) in [7, 11) is 0. The number of pyridine rings is 1. The second-order valence-electron chi connectivity index (χ2n) is 9.65. The first-order valence-electron chi connectivity index (χ1n) is 12.9. The molecule has 2 aromatic heterocycles. The number of hydrogen-bond acceptors (Lipinski definition) is 6. The van der Waals surface area contributed by atoms with Crippen molar-refractivity contribution in [3.8, 4) is 11.8 Å². The Morgan fingerprint density at radius 1 is 1.05 bits per heavy atom. The van der Waals surface area contributed by atoms with Gasteiger partial charge in [-0.3, -0.25) is 14.0 Å². The third-order valence-corrected chi connectivity index (χ3v) is 6.55. The van der Waals surface area contributed by atoms with Gasteiger partial charge in [-0.15, -0.1) is 0 Å². The Kier molecular flexibility index (Phi) is 9.23. The second-order valence-corrected chi connectivity index (χ2v) is 9.65. The summed E-state index contributed by atoms with van der Waals surface area (Å²) in [5.74, 6) is -2.11. The molecule has 0 aliphatic carbocycles. The molecule has 0 spiro atoms. The average molecular weight is 546 g/mol. The number of halogens is 2. The number of hydrogen-bond donors (Lipinski definition) is 0. The van der Waals surface area contributed by atoms with Gasteiger partial charge in [0.25, 0.3) is 0 Å². The summed E-state index contributed by atoms with van der Waals surface area (Å²) in [5, 5.41) is 9.26. The van der Waals surface area contributed by atoms with Crippen LogP contribution in [0.15, 0.2) is 60.8 Å². The highest BCUT2D eigenvalue weighted by atomic mass is 19.1. The Bertz CT molecular complexity index is 1540. The summed E-state index contributed by atoms with van der Waals surface area (Å²) in [6.45, 7) is 3.31. The van der Waals surface area contributed by atoms with Crippen LogP contribution in [0.4, 0.5) is 8.78 Å². The number of nitriles is 1. The molecule has 0 bridgehead atoms. The number of carbonyl (C=O) groups excluding carboxylic acids is 2. The molecular formula is C31H29F2N3O4. The van der Waals surface area contributed by atoms with Crippen molar-refractivity contribution >= 4 is 17.4 Å². The van der Waals surface area contributed by atoms with Crippen LogP contribution in [0.5, 0.6) is 5.75 Å². The van der Waals surface area contributed by atoms with Crippen LogP contribution in [-0.4, -0.2) is 21.1 Å². The summed E-state index contributed by atoms with van der Waals surface area (Å²) in [6, 6.07) is 16.7. The molecular weight excluding hydrogens is 516 g/mol. The van der Waals surface area contributed by atoms with Crippen molar-refractivity contribution in [1.29, 1.82) is 5.26 Å². The van der Waals surface area contributed by atoms with E-state index in [1.807, 2.05) is 37.3 Å². The lowest BCUT2D eigenvalue weighted by Gasteiger charge is -2.13. The molecule has 1 unspecified atom stereocenters. The van der Waals surface area contributed by atoms with Gasteiger partial charge in [0.2, 0.25) is 0 Å². The van der Waals surface area contributed by atoms with Gasteiger partial charge in [0.15, 0.2) is 17.2 Å². The average Bonchev–Trinajstić information content (AvgIpc) is 3.26. The van der Waals surface area contributed by atoms with Gasteiger partial charge >= 0.3 is 5.97 Å². The van der Waals surface area contributed by atoms with E-state index in [0.29, 0.717) is 23.5 Å². The summed E-state index contributed by atoms with van der Waals surface area (Å²) in [6.07, 6.45) is 2.30. The highest BCUT2D eigenvalue weighted by molar-refractivity contribution is 5.96. The van der Waals surface area contributed by atoms with Crippen LogP contribution in [0.3, 0.4) is 0 Å². The maximum atomic E-state index is 14.1. The van der Waals surface area contributed by atoms with Crippen molar-refractivity contribution in [2.24, 2.45) is 5.92 Å². The van der Waals surface area contributed by atoms with Gasteiger partial charge in [0.1, 0.15) is 30.5 Å². The van der Waals surface area contributed by atoms with Crippen LogP contribution in [0.25, 0.3) is 5.65 Å². The number of fused-ring (bicyclic) bond motifs is 1. The number of benzene rings is 2. The third kappa shape index (κ3) is 6.89. The van der Waals surface area contributed by atoms with E-state index in [9.17, 15) is 23.6 Å². The number of Topliss-reactive ketones (excluding diaryl/α,β-unsaturated/α-hetero) is 1. The number of rotatable bonds is 12. The Balaban J connectivity index is 1.45. The van der Waals surface area contributed by atoms with Gasteiger partial charge in [-0.25, -0.2) is 13.8 Å². The van der Waals surface area contributed by atoms with Crippen molar-refractivity contribution in [2.75, 3.05) is 0 Å². The molecule has 9 heteroatoms. The van der Waals surface area contributed by atoms with E-state index in [0.717, 1.165) is 23.3 Å². The summed E-state index contributed by atoms with van der Waals surface area (Å²) < 4.78 is 40.9. The van der Waals surface area contributed by atoms with E-state index in [1.165, 1.54) is 6.07 Å². The van der Waals surface area contributed by atoms with Crippen molar-refractivity contribution in [2.45, 2.75) is 52.7 Å². The first-order valence-corrected chi connectivity index (χ1v) is 12.9. The lowest BCUT2D eigenvalue weighted by molar-refractivity contribution is -0.146. The van der Waals surface area contributed by atoms with Crippen molar-refractivity contribution in [3.05, 3.63) is 101 Å². The highest BCUT2D eigenvalue weighted by Gasteiger charge is 2.23. The maximum Gasteiger partial charge on any atom is 0.306 e. The molecule has 2 heterocycles. The zero-order chi connectivity index (χ0) is 28.6. The third-order valence-electron chi connectivity index (χ3n) is 6.55. The fourth-order valence-electron chi connectivity index (χ4n) is 4.51. The molecule has 4 aromatic rings. The molecule has 7 nitrogen and oxygen atoms in total. The van der Waals surface area contributed by atoms with E-state index in [1.54, 1.807) is 23.6 Å². The number of carbonyl (C=O) groups is 2. The zero-order valence-electron chi connectivity index (χ0n) is 22.3. The standard InChI is InChI=1S/C31H29F2N3O4/c1-20-15-28(39-19-24-25(32)9-6-10-26(24)33)31-35-21(2)30(36(31)17-20)27(37)12-11-22(13-14-34)16-29(38)40-18-23-7-4-3-5-8-23/h3-10,15,17,22H,11-13,16,18-19H2,1-2H3. The number of ketones is 1. The molecule has 0 radical (unpaired) electrons. The van der Waals surface area contributed by atoms with Gasteiger partial charge < -0.3 is 9.47 Å². The summed E-state index contributed by atoms with van der Waals surface area (Å²) in [5.41, 5.74) is 2.59. The summed E-state index contributed by atoms with van der Waals surface area (Å²) in [4.78, 5) is 30.2. The van der Waals surface area contributed by atoms with Gasteiger partial charge in [0, 0.05) is 25.5 Å². The molecule has 0 amide bonds.